The summed E-state index contributed by atoms with van der Waals surface area (Å²) in [7, 11) is 3.35. The van der Waals surface area contributed by atoms with Crippen molar-refractivity contribution in [1.82, 2.24) is 4.90 Å². The minimum Gasteiger partial charge on any atom is -0.497 e. The van der Waals surface area contributed by atoms with Gasteiger partial charge in [0.2, 0.25) is 11.8 Å². The van der Waals surface area contributed by atoms with Crippen LogP contribution in [-0.4, -0.2) is 37.4 Å². The molecule has 2 amide bonds. The van der Waals surface area contributed by atoms with Gasteiger partial charge in [-0.3, -0.25) is 9.59 Å². The van der Waals surface area contributed by atoms with E-state index in [9.17, 15) is 9.59 Å². The lowest BCUT2D eigenvalue weighted by molar-refractivity contribution is -0.133. The third kappa shape index (κ3) is 4.93. The summed E-state index contributed by atoms with van der Waals surface area (Å²) in [5.74, 6) is 0.815. The number of carbonyl (C=O) groups is 2. The summed E-state index contributed by atoms with van der Waals surface area (Å²) in [5, 5.41) is 2.83. The summed E-state index contributed by atoms with van der Waals surface area (Å²) in [6.07, 6.45) is 3.48. The molecule has 28 heavy (non-hydrogen) atoms. The Hall–Kier alpha value is -2.34. The van der Waals surface area contributed by atoms with Crippen LogP contribution in [0.4, 0.5) is 5.69 Å². The molecule has 148 valence electrons. The Bertz CT molecular complexity index is 869. The number of likely N-dealkylation sites (N-methyl/N-ethyl adjacent to an activating group) is 1. The number of nitrogens with zero attached hydrogens (tertiary/aromatic N) is 1. The number of para-hydroxylation sites is 1. The number of rotatable bonds is 6. The van der Waals surface area contributed by atoms with Crippen molar-refractivity contribution in [2.45, 2.75) is 31.6 Å². The topological polar surface area (TPSA) is 58.6 Å². The predicted molar refractivity (Wildman–Crippen MR) is 114 cm³/mol. The van der Waals surface area contributed by atoms with Gasteiger partial charge in [0, 0.05) is 17.9 Å². The Labute approximate surface area is 174 Å². The minimum atomic E-state index is -0.212. The largest absolute Gasteiger partial charge is 0.497 e. The quantitative estimate of drug-likeness (QED) is 0.719. The molecular weight excluding hydrogens is 420 g/mol. The van der Waals surface area contributed by atoms with Gasteiger partial charge in [-0.25, -0.2) is 0 Å². The van der Waals surface area contributed by atoms with Gasteiger partial charge in [-0.05, 0) is 76.5 Å². The van der Waals surface area contributed by atoms with E-state index in [0.29, 0.717) is 12.1 Å². The molecule has 0 radical (unpaired) electrons. The van der Waals surface area contributed by atoms with Crippen LogP contribution in [0.2, 0.25) is 0 Å². The van der Waals surface area contributed by atoms with E-state index in [2.05, 4.69) is 33.4 Å². The number of amides is 2. The first-order chi connectivity index (χ1) is 13.5. The van der Waals surface area contributed by atoms with Crippen LogP contribution >= 0.6 is 15.9 Å². The van der Waals surface area contributed by atoms with Gasteiger partial charge in [0.05, 0.1) is 19.3 Å². The molecule has 0 aliphatic heterocycles. The maximum Gasteiger partial charge on any atom is 0.244 e. The molecule has 1 N–H and O–H groups in total. The Morgan fingerprint density at radius 2 is 2.04 bits per heavy atom. The molecule has 2 aromatic rings. The number of fused-ring (bicyclic) bond motifs is 1. The second-order valence-corrected chi connectivity index (χ2v) is 7.99. The molecule has 0 bridgehead atoms. The molecule has 6 heteroatoms. The fourth-order valence-electron chi connectivity index (χ4n) is 3.65. The average molecular weight is 445 g/mol. The molecule has 0 fully saturated rings. The van der Waals surface area contributed by atoms with Crippen molar-refractivity contribution in [3.8, 4) is 5.75 Å². The third-order valence-electron chi connectivity index (χ3n) is 5.16. The second kappa shape index (κ2) is 9.24. The lowest BCUT2D eigenvalue weighted by Crippen LogP contribution is -2.35. The summed E-state index contributed by atoms with van der Waals surface area (Å²) in [6, 6.07) is 13.5. The van der Waals surface area contributed by atoms with Crippen LogP contribution in [0.3, 0.4) is 0 Å². The van der Waals surface area contributed by atoms with Crippen molar-refractivity contribution < 1.29 is 14.3 Å². The fraction of sp³-hybridized carbons (Fsp3) is 0.364. The van der Waals surface area contributed by atoms with Crippen LogP contribution in [0.15, 0.2) is 46.9 Å². The molecule has 3 rings (SSSR count). The number of aryl methyl sites for hydroxylation is 1. The van der Waals surface area contributed by atoms with E-state index in [1.54, 1.807) is 14.2 Å². The molecule has 5 nitrogen and oxygen atoms in total. The zero-order valence-electron chi connectivity index (χ0n) is 16.2. The molecule has 0 spiro atoms. The summed E-state index contributed by atoms with van der Waals surface area (Å²) in [6.45, 7) is 0.0301. The van der Waals surface area contributed by atoms with Gasteiger partial charge in [-0.15, -0.1) is 0 Å². The highest BCUT2D eigenvalue weighted by Crippen LogP contribution is 2.36. The second-order valence-electron chi connectivity index (χ2n) is 7.14. The first-order valence-corrected chi connectivity index (χ1v) is 10.2. The number of benzene rings is 2. The van der Waals surface area contributed by atoms with Crippen LogP contribution in [0.5, 0.6) is 5.75 Å². The summed E-state index contributed by atoms with van der Waals surface area (Å²) < 4.78 is 6.12. The van der Waals surface area contributed by atoms with E-state index < -0.39 is 0 Å². The summed E-state index contributed by atoms with van der Waals surface area (Å²) in [5.41, 5.74) is 3.19. The SMILES string of the molecule is COc1ccc2c(c1)CCCC2CC(=O)N(C)CC(=O)Nc1ccccc1Br. The molecular formula is C22H25BrN2O3. The zero-order valence-corrected chi connectivity index (χ0v) is 17.8. The first kappa shape index (κ1) is 20.4. The van der Waals surface area contributed by atoms with E-state index in [1.807, 2.05) is 30.3 Å². The maximum absolute atomic E-state index is 12.7. The van der Waals surface area contributed by atoms with Crippen molar-refractivity contribution in [3.63, 3.8) is 0 Å². The standard InChI is InChI=1S/C22H25BrN2O3/c1-25(14-21(26)24-20-9-4-3-8-19(20)23)22(27)13-16-7-5-6-15-12-17(28-2)10-11-18(15)16/h3-4,8-12,16H,5-7,13-14H2,1-2H3,(H,24,26). The molecule has 0 heterocycles. The summed E-state index contributed by atoms with van der Waals surface area (Å²) >= 11 is 3.41. The lowest BCUT2D eigenvalue weighted by Gasteiger charge is -2.27. The molecule has 0 aromatic heterocycles. The van der Waals surface area contributed by atoms with Crippen molar-refractivity contribution >= 4 is 33.4 Å². The van der Waals surface area contributed by atoms with Gasteiger partial charge in [0.1, 0.15) is 5.75 Å². The average Bonchev–Trinajstić information content (AvgIpc) is 2.69. The van der Waals surface area contributed by atoms with E-state index >= 15 is 0 Å². The van der Waals surface area contributed by atoms with Gasteiger partial charge in [-0.2, -0.15) is 0 Å². The number of halogens is 1. The molecule has 0 saturated heterocycles. The number of hydrogen-bond acceptors (Lipinski definition) is 3. The van der Waals surface area contributed by atoms with E-state index in [1.165, 1.54) is 16.0 Å². The number of methoxy groups -OCH3 is 1. The Balaban J connectivity index is 1.59. The normalized spacial score (nSPS) is 15.5. The van der Waals surface area contributed by atoms with Crippen molar-refractivity contribution in [2.24, 2.45) is 0 Å². The zero-order chi connectivity index (χ0) is 20.1. The van der Waals surface area contributed by atoms with E-state index in [0.717, 1.165) is 29.5 Å². The number of hydrogen-bond donors (Lipinski definition) is 1. The van der Waals surface area contributed by atoms with Crippen LogP contribution in [0, 0.1) is 0 Å². The molecule has 1 aliphatic rings. The number of carbonyl (C=O) groups excluding carboxylic acids is 2. The highest BCUT2D eigenvalue weighted by atomic mass is 79.9. The molecule has 1 atom stereocenters. The van der Waals surface area contributed by atoms with Gasteiger partial charge in [0.25, 0.3) is 0 Å². The number of nitrogens with one attached hydrogen (secondary N) is 1. The Kier molecular flexibility index (Phi) is 6.73. The van der Waals surface area contributed by atoms with Crippen molar-refractivity contribution in [1.29, 1.82) is 0 Å². The monoisotopic (exact) mass is 444 g/mol. The lowest BCUT2D eigenvalue weighted by atomic mass is 9.81. The van der Waals surface area contributed by atoms with Gasteiger partial charge >= 0.3 is 0 Å². The first-order valence-electron chi connectivity index (χ1n) is 9.43. The van der Waals surface area contributed by atoms with Crippen molar-refractivity contribution in [3.05, 3.63) is 58.1 Å². The molecule has 0 saturated carbocycles. The van der Waals surface area contributed by atoms with Crippen LogP contribution in [0.25, 0.3) is 0 Å². The van der Waals surface area contributed by atoms with Crippen LogP contribution in [0.1, 0.15) is 36.3 Å². The highest BCUT2D eigenvalue weighted by Gasteiger charge is 2.25. The smallest absolute Gasteiger partial charge is 0.244 e. The molecule has 1 aliphatic carbocycles. The van der Waals surface area contributed by atoms with Gasteiger partial charge < -0.3 is 15.0 Å². The Morgan fingerprint density at radius 3 is 2.79 bits per heavy atom. The predicted octanol–water partition coefficient (Wildman–Crippen LogP) is 4.36. The van der Waals surface area contributed by atoms with Crippen LogP contribution < -0.4 is 10.1 Å². The van der Waals surface area contributed by atoms with Crippen LogP contribution in [-0.2, 0) is 16.0 Å². The number of anilines is 1. The van der Waals surface area contributed by atoms with E-state index in [-0.39, 0.29) is 24.3 Å². The number of ether oxygens (including phenoxy) is 1. The summed E-state index contributed by atoms with van der Waals surface area (Å²) in [4.78, 5) is 26.5. The van der Waals surface area contributed by atoms with Gasteiger partial charge in [0.15, 0.2) is 0 Å². The fourth-order valence-corrected chi connectivity index (χ4v) is 4.04. The molecule has 2 aromatic carbocycles. The van der Waals surface area contributed by atoms with Gasteiger partial charge in [-0.1, -0.05) is 18.2 Å². The van der Waals surface area contributed by atoms with E-state index in [4.69, 9.17) is 4.74 Å². The van der Waals surface area contributed by atoms with Crippen molar-refractivity contribution in [2.75, 3.05) is 26.0 Å². The maximum atomic E-state index is 12.7. The molecule has 1 unspecified atom stereocenters. The highest BCUT2D eigenvalue weighted by molar-refractivity contribution is 9.10. The Morgan fingerprint density at radius 1 is 1.25 bits per heavy atom. The minimum absolute atomic E-state index is 0.0176. The third-order valence-corrected chi connectivity index (χ3v) is 5.86.